The Balaban J connectivity index is 1.69. The Bertz CT molecular complexity index is 804. The molecule has 11 atom stereocenters. The van der Waals surface area contributed by atoms with E-state index in [2.05, 4.69) is 41.2 Å². The summed E-state index contributed by atoms with van der Waals surface area (Å²) in [5.74, 6) is 0.436. The Kier molecular flexibility index (Phi) is 6.50. The number of hydrogen-bond acceptors (Lipinski definition) is 4. The summed E-state index contributed by atoms with van der Waals surface area (Å²) >= 11 is 0. The zero-order valence-corrected chi connectivity index (χ0v) is 22.9. The number of allylic oxidation sites excluding steroid dienone is 1. The second-order valence-corrected chi connectivity index (χ2v) is 14.7. The van der Waals surface area contributed by atoms with Gasteiger partial charge in [-0.25, -0.2) is 0 Å². The number of hydrogen-bond donors (Lipinski definition) is 4. The van der Waals surface area contributed by atoms with E-state index >= 15 is 0 Å². The largest absolute Gasteiger partial charge is 0.393 e. The van der Waals surface area contributed by atoms with Crippen LogP contribution in [0.2, 0.25) is 0 Å². The predicted octanol–water partition coefficient (Wildman–Crippen LogP) is 5.47. The third kappa shape index (κ3) is 3.60. The van der Waals surface area contributed by atoms with Crippen LogP contribution >= 0.6 is 0 Å². The minimum absolute atomic E-state index is 0.0247. The number of rotatable bonds is 5. The standard InChI is InChI=1S/C30H52O4/c1-18(2)10-9-13-30(8,34)19-11-15-28(6)24(19)20(31)16-22-27(5)14-12-23(33)26(3,4)25(27)21(32)17-29(22,28)7/h19-25,31-34H,1,9-17H2,2-8H3. The van der Waals surface area contributed by atoms with Crippen LogP contribution in [0.3, 0.4) is 0 Å². The zero-order valence-electron chi connectivity index (χ0n) is 22.9. The van der Waals surface area contributed by atoms with Gasteiger partial charge in [-0.05, 0) is 117 Å². The minimum Gasteiger partial charge on any atom is -0.393 e. The third-order valence-electron chi connectivity index (χ3n) is 12.3. The summed E-state index contributed by atoms with van der Waals surface area (Å²) < 4.78 is 0. The maximum Gasteiger partial charge on any atom is 0.0651 e. The van der Waals surface area contributed by atoms with Crippen molar-refractivity contribution >= 4 is 0 Å². The normalized spacial score (nSPS) is 51.7. The monoisotopic (exact) mass is 476 g/mol. The summed E-state index contributed by atoms with van der Waals surface area (Å²) in [5.41, 5.74) is -0.359. The molecule has 0 aromatic carbocycles. The lowest BCUT2D eigenvalue weighted by molar-refractivity contribution is -0.274. The van der Waals surface area contributed by atoms with Crippen molar-refractivity contribution in [1.82, 2.24) is 0 Å². The number of fused-ring (bicyclic) bond motifs is 5. The van der Waals surface area contributed by atoms with Gasteiger partial charge in [-0.1, -0.05) is 40.2 Å². The molecule has 34 heavy (non-hydrogen) atoms. The summed E-state index contributed by atoms with van der Waals surface area (Å²) in [6.07, 6.45) is 6.33. The Morgan fingerprint density at radius 3 is 2.24 bits per heavy atom. The van der Waals surface area contributed by atoms with Gasteiger partial charge in [0.25, 0.3) is 0 Å². The van der Waals surface area contributed by atoms with Gasteiger partial charge in [0.2, 0.25) is 0 Å². The lowest BCUT2D eigenvalue weighted by Gasteiger charge is -2.71. The molecule has 4 N–H and O–H groups in total. The summed E-state index contributed by atoms with van der Waals surface area (Å²) in [6, 6.07) is 0. The molecule has 0 spiro atoms. The SMILES string of the molecule is C=C(C)CCCC(C)(O)C1CCC2(C)C1C(O)CC1C3(C)CCC(O)C(C)(C)C3C(O)CC12C. The van der Waals surface area contributed by atoms with Gasteiger partial charge in [0.1, 0.15) is 0 Å². The van der Waals surface area contributed by atoms with E-state index < -0.39 is 23.9 Å². The fraction of sp³-hybridized carbons (Fsp3) is 0.933. The van der Waals surface area contributed by atoms with Gasteiger partial charge in [-0.2, -0.15) is 0 Å². The van der Waals surface area contributed by atoms with E-state index in [-0.39, 0.29) is 39.4 Å². The molecule has 196 valence electrons. The highest BCUT2D eigenvalue weighted by Gasteiger charge is 2.72. The molecule has 4 heteroatoms. The van der Waals surface area contributed by atoms with E-state index in [1.807, 2.05) is 13.8 Å². The van der Waals surface area contributed by atoms with E-state index in [0.29, 0.717) is 5.92 Å². The van der Waals surface area contributed by atoms with Crippen LogP contribution in [-0.2, 0) is 0 Å². The topological polar surface area (TPSA) is 80.9 Å². The van der Waals surface area contributed by atoms with E-state index in [0.717, 1.165) is 63.4 Å². The maximum atomic E-state index is 11.8. The molecular weight excluding hydrogens is 424 g/mol. The molecule has 4 nitrogen and oxygen atoms in total. The molecule has 4 aliphatic carbocycles. The van der Waals surface area contributed by atoms with Crippen molar-refractivity contribution in [3.63, 3.8) is 0 Å². The first-order valence-corrected chi connectivity index (χ1v) is 13.9. The molecule has 0 amide bonds. The fourth-order valence-corrected chi connectivity index (χ4v) is 10.6. The molecule has 11 unspecified atom stereocenters. The van der Waals surface area contributed by atoms with Crippen molar-refractivity contribution in [1.29, 1.82) is 0 Å². The maximum absolute atomic E-state index is 11.8. The molecule has 0 radical (unpaired) electrons. The van der Waals surface area contributed by atoms with Gasteiger partial charge in [-0.3, -0.25) is 0 Å². The number of aliphatic hydroxyl groups is 4. The second-order valence-electron chi connectivity index (χ2n) is 14.7. The molecule has 0 aromatic rings. The first-order valence-electron chi connectivity index (χ1n) is 13.9. The Labute approximate surface area is 208 Å². The zero-order chi connectivity index (χ0) is 25.5. The van der Waals surface area contributed by atoms with E-state index in [4.69, 9.17) is 0 Å². The van der Waals surface area contributed by atoms with Crippen molar-refractivity contribution < 1.29 is 20.4 Å². The molecule has 0 heterocycles. The van der Waals surface area contributed by atoms with Crippen LogP contribution in [0.1, 0.15) is 106 Å². The average molecular weight is 477 g/mol. The molecule has 0 aliphatic heterocycles. The molecule has 4 fully saturated rings. The summed E-state index contributed by atoms with van der Waals surface area (Å²) in [7, 11) is 0. The molecule has 4 aliphatic rings. The molecule has 4 rings (SSSR count). The van der Waals surface area contributed by atoms with E-state index in [9.17, 15) is 20.4 Å². The fourth-order valence-electron chi connectivity index (χ4n) is 10.6. The Morgan fingerprint density at radius 1 is 0.971 bits per heavy atom. The van der Waals surface area contributed by atoms with Gasteiger partial charge < -0.3 is 20.4 Å². The second kappa shape index (κ2) is 8.30. The summed E-state index contributed by atoms with van der Waals surface area (Å²) in [5, 5.41) is 46.0. The van der Waals surface area contributed by atoms with E-state index in [1.54, 1.807) is 0 Å². The van der Waals surface area contributed by atoms with E-state index in [1.165, 1.54) is 0 Å². The van der Waals surface area contributed by atoms with Crippen molar-refractivity contribution in [3.8, 4) is 0 Å². The van der Waals surface area contributed by atoms with Crippen LogP contribution in [0.25, 0.3) is 0 Å². The molecule has 0 bridgehead atoms. The van der Waals surface area contributed by atoms with Gasteiger partial charge in [-0.15, -0.1) is 6.58 Å². The lowest BCUT2D eigenvalue weighted by atomic mass is 9.34. The van der Waals surface area contributed by atoms with Crippen LogP contribution < -0.4 is 0 Å². The highest BCUT2D eigenvalue weighted by Crippen LogP contribution is 2.75. The van der Waals surface area contributed by atoms with Crippen molar-refractivity contribution in [2.24, 2.45) is 45.3 Å². The third-order valence-corrected chi connectivity index (χ3v) is 12.3. The molecule has 0 aromatic heterocycles. The Morgan fingerprint density at radius 2 is 1.62 bits per heavy atom. The highest BCUT2D eigenvalue weighted by atomic mass is 16.3. The molecule has 0 saturated heterocycles. The number of aliphatic hydroxyl groups excluding tert-OH is 3. The van der Waals surface area contributed by atoms with Crippen molar-refractivity contribution in [3.05, 3.63) is 12.2 Å². The van der Waals surface area contributed by atoms with Crippen LogP contribution in [-0.4, -0.2) is 44.3 Å². The summed E-state index contributed by atoms with van der Waals surface area (Å²) in [6.45, 7) is 19.4. The van der Waals surface area contributed by atoms with Gasteiger partial charge in [0.15, 0.2) is 0 Å². The van der Waals surface area contributed by atoms with Gasteiger partial charge in [0, 0.05) is 0 Å². The lowest BCUT2D eigenvalue weighted by Crippen LogP contribution is -2.69. The smallest absolute Gasteiger partial charge is 0.0651 e. The molecule has 4 saturated carbocycles. The van der Waals surface area contributed by atoms with Crippen LogP contribution in [0.5, 0.6) is 0 Å². The van der Waals surface area contributed by atoms with Crippen LogP contribution in [0.15, 0.2) is 12.2 Å². The van der Waals surface area contributed by atoms with Gasteiger partial charge in [0.05, 0.1) is 23.9 Å². The van der Waals surface area contributed by atoms with Crippen LogP contribution in [0, 0.1) is 45.3 Å². The minimum atomic E-state index is -0.807. The average Bonchev–Trinajstić information content (AvgIpc) is 3.07. The highest BCUT2D eigenvalue weighted by molar-refractivity contribution is 5.21. The first kappa shape index (κ1) is 26.6. The van der Waals surface area contributed by atoms with Gasteiger partial charge >= 0.3 is 0 Å². The predicted molar refractivity (Wildman–Crippen MR) is 137 cm³/mol. The quantitative estimate of drug-likeness (QED) is 0.397. The van der Waals surface area contributed by atoms with Crippen molar-refractivity contribution in [2.75, 3.05) is 0 Å². The summed E-state index contributed by atoms with van der Waals surface area (Å²) in [4.78, 5) is 0. The van der Waals surface area contributed by atoms with Crippen LogP contribution in [0.4, 0.5) is 0 Å². The first-order chi connectivity index (χ1) is 15.5. The Hall–Kier alpha value is -0.420. The van der Waals surface area contributed by atoms with Crippen molar-refractivity contribution in [2.45, 2.75) is 130 Å². The molecular formula is C30H52O4.